The van der Waals surface area contributed by atoms with Crippen LogP contribution in [0.25, 0.3) is 11.2 Å². The molecule has 0 saturated carbocycles. The van der Waals surface area contributed by atoms with Gasteiger partial charge in [0.15, 0.2) is 11.5 Å². The number of nitrogens with zero attached hydrogens (tertiary/aromatic N) is 3. The zero-order chi connectivity index (χ0) is 11.5. The Morgan fingerprint density at radius 2 is 2.38 bits per heavy atom. The van der Waals surface area contributed by atoms with E-state index in [1.165, 1.54) is 6.33 Å². The molecule has 0 aliphatic carbocycles. The first-order chi connectivity index (χ1) is 7.70. The summed E-state index contributed by atoms with van der Waals surface area (Å²) in [7, 11) is 1.70. The van der Waals surface area contributed by atoms with Crippen molar-refractivity contribution in [2.45, 2.75) is 0 Å². The molecule has 0 aromatic carbocycles. The number of aromatic nitrogens is 4. The van der Waals surface area contributed by atoms with Crippen molar-refractivity contribution >= 4 is 28.8 Å². The molecule has 0 saturated heterocycles. The van der Waals surface area contributed by atoms with E-state index < -0.39 is 5.91 Å². The lowest BCUT2D eigenvalue weighted by molar-refractivity contribution is -0.116. The molecule has 8 nitrogen and oxygen atoms in total. The van der Waals surface area contributed by atoms with Gasteiger partial charge in [-0.15, -0.1) is 0 Å². The molecule has 0 fully saturated rings. The summed E-state index contributed by atoms with van der Waals surface area (Å²) >= 11 is 0. The molecule has 1 amide bonds. The number of imidazole rings is 1. The molecule has 0 spiro atoms. The van der Waals surface area contributed by atoms with E-state index in [-0.39, 0.29) is 6.54 Å². The summed E-state index contributed by atoms with van der Waals surface area (Å²) in [6, 6.07) is 0. The number of nitrogens with two attached hydrogens (primary N) is 1. The van der Waals surface area contributed by atoms with E-state index in [0.717, 1.165) is 0 Å². The summed E-state index contributed by atoms with van der Waals surface area (Å²) in [5.41, 5.74) is 6.20. The van der Waals surface area contributed by atoms with Gasteiger partial charge in [-0.05, 0) is 0 Å². The first-order valence-corrected chi connectivity index (χ1v) is 4.61. The lowest BCUT2D eigenvalue weighted by atomic mass is 10.4. The number of fused-ring (bicyclic) bond motifs is 1. The molecule has 0 aliphatic rings. The van der Waals surface area contributed by atoms with E-state index in [2.05, 4.69) is 30.6 Å². The second-order valence-electron chi connectivity index (χ2n) is 3.07. The zero-order valence-corrected chi connectivity index (χ0v) is 8.61. The molecule has 16 heavy (non-hydrogen) atoms. The molecule has 0 bridgehead atoms. The van der Waals surface area contributed by atoms with Gasteiger partial charge in [-0.25, -0.2) is 4.98 Å². The Morgan fingerprint density at radius 1 is 1.56 bits per heavy atom. The van der Waals surface area contributed by atoms with Gasteiger partial charge in [0, 0.05) is 7.05 Å². The number of carbonyl (C=O) groups excluding carboxylic acids is 1. The van der Waals surface area contributed by atoms with Gasteiger partial charge in [0.05, 0.1) is 12.9 Å². The number of amides is 1. The Bertz CT molecular complexity index is 520. The summed E-state index contributed by atoms with van der Waals surface area (Å²) < 4.78 is 0. The maximum absolute atomic E-state index is 10.7. The molecule has 8 heteroatoms. The highest BCUT2D eigenvalue weighted by atomic mass is 16.1. The third kappa shape index (κ3) is 1.85. The highest BCUT2D eigenvalue weighted by molar-refractivity contribution is 5.86. The molecule has 2 rings (SSSR count). The molecule has 84 valence electrons. The summed E-state index contributed by atoms with van der Waals surface area (Å²) in [6.45, 7) is 0.00822. The van der Waals surface area contributed by atoms with Crippen molar-refractivity contribution in [2.24, 2.45) is 5.73 Å². The largest absolute Gasteiger partial charge is 0.368 e. The lowest BCUT2D eigenvalue weighted by Crippen LogP contribution is -2.22. The molecular formula is C8H11N7O. The Balaban J connectivity index is 2.40. The third-order valence-electron chi connectivity index (χ3n) is 1.94. The Hall–Kier alpha value is -2.38. The van der Waals surface area contributed by atoms with Crippen molar-refractivity contribution < 1.29 is 4.79 Å². The topological polar surface area (TPSA) is 122 Å². The average Bonchev–Trinajstić information content (AvgIpc) is 2.73. The lowest BCUT2D eigenvalue weighted by Gasteiger charge is -2.05. The van der Waals surface area contributed by atoms with Crippen LogP contribution in [-0.2, 0) is 4.79 Å². The first kappa shape index (κ1) is 10.1. The molecule has 0 aliphatic heterocycles. The number of anilines is 2. The monoisotopic (exact) mass is 221 g/mol. The van der Waals surface area contributed by atoms with E-state index in [9.17, 15) is 4.79 Å². The van der Waals surface area contributed by atoms with Crippen LogP contribution in [0, 0.1) is 0 Å². The normalized spacial score (nSPS) is 10.3. The maximum Gasteiger partial charge on any atom is 0.236 e. The second-order valence-corrected chi connectivity index (χ2v) is 3.07. The predicted molar refractivity (Wildman–Crippen MR) is 58.9 cm³/mol. The Kier molecular flexibility index (Phi) is 2.54. The van der Waals surface area contributed by atoms with Crippen molar-refractivity contribution in [1.29, 1.82) is 0 Å². The van der Waals surface area contributed by atoms with Crippen LogP contribution < -0.4 is 16.4 Å². The van der Waals surface area contributed by atoms with Crippen molar-refractivity contribution in [3.63, 3.8) is 0 Å². The number of primary amides is 1. The number of aromatic amines is 1. The molecule has 2 aromatic heterocycles. The van der Waals surface area contributed by atoms with Crippen LogP contribution in [0.2, 0.25) is 0 Å². The standard InChI is InChI=1S/C8H11N7O/c1-10-8-14-6(11-2-4(9)16)5-7(15-8)13-3-12-5/h3H,2H2,1H3,(H2,9,16)(H3,10,11,12,13,14,15). The molecule has 2 aromatic rings. The van der Waals surface area contributed by atoms with E-state index in [4.69, 9.17) is 5.73 Å². The summed E-state index contributed by atoms with van der Waals surface area (Å²) in [6.07, 6.45) is 1.51. The number of hydrogen-bond donors (Lipinski definition) is 4. The van der Waals surface area contributed by atoms with Gasteiger partial charge < -0.3 is 21.4 Å². The number of H-pyrrole nitrogens is 1. The van der Waals surface area contributed by atoms with Crippen LogP contribution in [-0.4, -0.2) is 39.4 Å². The molecule has 2 heterocycles. The van der Waals surface area contributed by atoms with Crippen LogP contribution in [0.15, 0.2) is 6.33 Å². The van der Waals surface area contributed by atoms with Crippen molar-refractivity contribution in [1.82, 2.24) is 19.9 Å². The maximum atomic E-state index is 10.7. The van der Waals surface area contributed by atoms with Gasteiger partial charge >= 0.3 is 0 Å². The minimum atomic E-state index is -0.461. The fourth-order valence-electron chi connectivity index (χ4n) is 1.24. The van der Waals surface area contributed by atoms with Crippen molar-refractivity contribution in [3.8, 4) is 0 Å². The SMILES string of the molecule is CNc1nc(NCC(N)=O)c2[nH]cnc2n1. The predicted octanol–water partition coefficient (Wildman–Crippen LogP) is -0.708. The van der Waals surface area contributed by atoms with E-state index in [0.29, 0.717) is 22.9 Å². The second kappa shape index (κ2) is 4.01. The van der Waals surface area contributed by atoms with Gasteiger partial charge in [0.25, 0.3) is 0 Å². The van der Waals surface area contributed by atoms with Crippen LogP contribution in [0.5, 0.6) is 0 Å². The Labute approximate surface area is 90.7 Å². The first-order valence-electron chi connectivity index (χ1n) is 4.61. The van der Waals surface area contributed by atoms with Gasteiger partial charge in [0.1, 0.15) is 5.52 Å². The van der Waals surface area contributed by atoms with E-state index in [1.807, 2.05) is 0 Å². The molecule has 0 unspecified atom stereocenters. The van der Waals surface area contributed by atoms with E-state index in [1.54, 1.807) is 7.05 Å². The molecular weight excluding hydrogens is 210 g/mol. The van der Waals surface area contributed by atoms with E-state index >= 15 is 0 Å². The quantitative estimate of drug-likeness (QED) is 0.541. The van der Waals surface area contributed by atoms with Crippen molar-refractivity contribution in [3.05, 3.63) is 6.33 Å². The van der Waals surface area contributed by atoms with Crippen LogP contribution in [0.1, 0.15) is 0 Å². The number of carbonyl (C=O) groups is 1. The Morgan fingerprint density at radius 3 is 3.06 bits per heavy atom. The average molecular weight is 221 g/mol. The van der Waals surface area contributed by atoms with Gasteiger partial charge in [-0.3, -0.25) is 4.79 Å². The minimum absolute atomic E-state index is 0.00822. The molecule has 0 radical (unpaired) electrons. The minimum Gasteiger partial charge on any atom is -0.368 e. The molecule has 0 atom stereocenters. The number of hydrogen-bond acceptors (Lipinski definition) is 6. The highest BCUT2D eigenvalue weighted by Gasteiger charge is 2.09. The molecule has 5 N–H and O–H groups in total. The third-order valence-corrected chi connectivity index (χ3v) is 1.94. The van der Waals surface area contributed by atoms with Crippen LogP contribution in [0.3, 0.4) is 0 Å². The van der Waals surface area contributed by atoms with Crippen molar-refractivity contribution in [2.75, 3.05) is 24.2 Å². The summed E-state index contributed by atoms with van der Waals surface area (Å²) in [5.74, 6) is 0.453. The fourth-order valence-corrected chi connectivity index (χ4v) is 1.24. The fraction of sp³-hybridized carbons (Fsp3) is 0.250. The van der Waals surface area contributed by atoms with Gasteiger partial charge in [-0.1, -0.05) is 0 Å². The summed E-state index contributed by atoms with van der Waals surface area (Å²) in [4.78, 5) is 25.8. The highest BCUT2D eigenvalue weighted by Crippen LogP contribution is 2.17. The van der Waals surface area contributed by atoms with Gasteiger partial charge in [0.2, 0.25) is 11.9 Å². The number of rotatable bonds is 4. The zero-order valence-electron chi connectivity index (χ0n) is 8.61. The number of nitrogens with one attached hydrogen (secondary N) is 3. The van der Waals surface area contributed by atoms with Gasteiger partial charge in [-0.2, -0.15) is 9.97 Å². The van der Waals surface area contributed by atoms with Crippen LogP contribution in [0.4, 0.5) is 11.8 Å². The smallest absolute Gasteiger partial charge is 0.236 e. The van der Waals surface area contributed by atoms with Crippen LogP contribution >= 0.6 is 0 Å². The summed E-state index contributed by atoms with van der Waals surface area (Å²) in [5, 5.41) is 5.62.